The molecule has 33 heavy (non-hydrogen) atoms. The first-order chi connectivity index (χ1) is 16.1. The number of para-hydroxylation sites is 1. The molecule has 0 aliphatic carbocycles. The Morgan fingerprint density at radius 1 is 0.879 bits per heavy atom. The number of pyridine rings is 1. The van der Waals surface area contributed by atoms with Crippen molar-refractivity contribution >= 4 is 62.3 Å². The van der Waals surface area contributed by atoms with E-state index >= 15 is 0 Å². The number of rotatable bonds is 3. The number of amides is 1. The lowest BCUT2D eigenvalue weighted by atomic mass is 10.1. The second kappa shape index (κ2) is 8.90. The van der Waals surface area contributed by atoms with E-state index in [9.17, 15) is 4.79 Å². The molecular formula is C25H18ClN5OS. The van der Waals surface area contributed by atoms with Crippen molar-refractivity contribution in [3.05, 3.63) is 95.6 Å². The molecule has 4 N–H and O–H groups in total. The van der Waals surface area contributed by atoms with Crippen molar-refractivity contribution in [2.45, 2.75) is 0 Å². The van der Waals surface area contributed by atoms with E-state index in [-0.39, 0.29) is 10.8 Å². The van der Waals surface area contributed by atoms with E-state index in [4.69, 9.17) is 23.8 Å². The van der Waals surface area contributed by atoms with Gasteiger partial charge in [-0.2, -0.15) is 0 Å². The van der Waals surface area contributed by atoms with Crippen molar-refractivity contribution in [2.24, 2.45) is 0 Å². The fourth-order valence-electron chi connectivity index (χ4n) is 3.64. The zero-order valence-electron chi connectivity index (χ0n) is 17.2. The van der Waals surface area contributed by atoms with Crippen LogP contribution in [0.4, 0.5) is 5.69 Å². The summed E-state index contributed by atoms with van der Waals surface area (Å²) in [6, 6.07) is 26.6. The van der Waals surface area contributed by atoms with Crippen LogP contribution in [0, 0.1) is 0 Å². The van der Waals surface area contributed by atoms with Crippen LogP contribution in [0.15, 0.2) is 84.9 Å². The van der Waals surface area contributed by atoms with Gasteiger partial charge in [0.2, 0.25) is 0 Å². The van der Waals surface area contributed by atoms with E-state index in [1.54, 1.807) is 30.3 Å². The summed E-state index contributed by atoms with van der Waals surface area (Å²) in [5, 5.41) is 5.79. The SMILES string of the molecule is O=C(NNC(=S)Nc1ccc(Cl)cc1)c1cc2c([nH]c3ccccc32)c(-c2ccccc2)n1. The van der Waals surface area contributed by atoms with Crippen LogP contribution >= 0.6 is 23.8 Å². The predicted molar refractivity (Wildman–Crippen MR) is 137 cm³/mol. The molecule has 162 valence electrons. The number of aromatic amines is 1. The number of fused-ring (bicyclic) bond motifs is 3. The van der Waals surface area contributed by atoms with Gasteiger partial charge in [0, 0.05) is 32.6 Å². The van der Waals surface area contributed by atoms with Crippen molar-refractivity contribution in [3.8, 4) is 11.3 Å². The van der Waals surface area contributed by atoms with Crippen LogP contribution in [0.1, 0.15) is 10.5 Å². The minimum Gasteiger partial charge on any atom is -0.353 e. The number of benzene rings is 3. The highest BCUT2D eigenvalue weighted by atomic mass is 35.5. The van der Waals surface area contributed by atoms with Crippen LogP contribution in [-0.2, 0) is 0 Å². The van der Waals surface area contributed by atoms with E-state index in [0.717, 1.165) is 33.1 Å². The van der Waals surface area contributed by atoms with E-state index in [1.165, 1.54) is 0 Å². The molecule has 6 nitrogen and oxygen atoms in total. The number of nitrogens with zero attached hydrogens (tertiary/aromatic N) is 1. The number of carbonyl (C=O) groups excluding carboxylic acids is 1. The Balaban J connectivity index is 1.44. The van der Waals surface area contributed by atoms with Gasteiger partial charge in [-0.1, -0.05) is 60.1 Å². The summed E-state index contributed by atoms with van der Waals surface area (Å²) in [5.41, 5.74) is 9.84. The molecule has 5 rings (SSSR count). The molecule has 0 aliphatic heterocycles. The smallest absolute Gasteiger partial charge is 0.288 e. The Morgan fingerprint density at radius 2 is 1.61 bits per heavy atom. The summed E-state index contributed by atoms with van der Waals surface area (Å²) in [4.78, 5) is 21.1. The number of H-pyrrole nitrogens is 1. The van der Waals surface area contributed by atoms with E-state index in [0.29, 0.717) is 10.7 Å². The molecule has 0 unspecified atom stereocenters. The largest absolute Gasteiger partial charge is 0.353 e. The third-order valence-electron chi connectivity index (χ3n) is 5.17. The third-order valence-corrected chi connectivity index (χ3v) is 5.62. The molecular weight excluding hydrogens is 454 g/mol. The number of aromatic nitrogens is 2. The Bertz CT molecular complexity index is 1480. The summed E-state index contributed by atoms with van der Waals surface area (Å²) >= 11 is 11.2. The van der Waals surface area contributed by atoms with Gasteiger partial charge in [0.15, 0.2) is 5.11 Å². The Hall–Kier alpha value is -3.94. The van der Waals surface area contributed by atoms with Crippen LogP contribution in [-0.4, -0.2) is 21.0 Å². The van der Waals surface area contributed by atoms with Gasteiger partial charge in [-0.15, -0.1) is 0 Å². The molecule has 0 atom stereocenters. The molecule has 0 bridgehead atoms. The van der Waals surface area contributed by atoms with Gasteiger partial charge < -0.3 is 10.3 Å². The zero-order chi connectivity index (χ0) is 22.8. The number of hydrogen-bond donors (Lipinski definition) is 4. The molecule has 0 aliphatic rings. The van der Waals surface area contributed by atoms with Crippen LogP contribution in [0.25, 0.3) is 33.1 Å². The summed E-state index contributed by atoms with van der Waals surface area (Å²) in [5.74, 6) is -0.403. The summed E-state index contributed by atoms with van der Waals surface area (Å²) < 4.78 is 0. The quantitative estimate of drug-likeness (QED) is 0.201. The van der Waals surface area contributed by atoms with Crippen molar-refractivity contribution in [3.63, 3.8) is 0 Å². The maximum Gasteiger partial charge on any atom is 0.288 e. The molecule has 3 aromatic carbocycles. The van der Waals surface area contributed by atoms with Crippen molar-refractivity contribution in [2.75, 3.05) is 5.32 Å². The highest BCUT2D eigenvalue weighted by molar-refractivity contribution is 7.80. The van der Waals surface area contributed by atoms with E-state index < -0.39 is 5.91 Å². The standard InChI is InChI=1S/C25H18ClN5OS/c26-16-10-12-17(13-11-16)27-25(33)31-30-24(32)21-14-19-18-8-4-5-9-20(18)28-23(19)22(29-21)15-6-2-1-3-7-15/h1-14,28H,(H,30,32)(H2,27,31,33). The number of hydrazine groups is 1. The Labute approximate surface area is 200 Å². The second-order valence-corrected chi connectivity index (χ2v) is 8.20. The first kappa shape index (κ1) is 20.9. The van der Waals surface area contributed by atoms with E-state index in [1.807, 2.05) is 54.6 Å². The normalized spacial score (nSPS) is 10.8. The second-order valence-electron chi connectivity index (χ2n) is 7.36. The number of thiocarbonyl (C=S) groups is 1. The monoisotopic (exact) mass is 471 g/mol. The molecule has 0 radical (unpaired) electrons. The summed E-state index contributed by atoms with van der Waals surface area (Å²) in [7, 11) is 0. The van der Waals surface area contributed by atoms with E-state index in [2.05, 4.69) is 26.1 Å². The molecule has 0 spiro atoms. The highest BCUT2D eigenvalue weighted by Gasteiger charge is 2.17. The summed E-state index contributed by atoms with van der Waals surface area (Å²) in [6.07, 6.45) is 0. The topological polar surface area (TPSA) is 81.8 Å². The maximum absolute atomic E-state index is 13.0. The number of hydrogen-bond acceptors (Lipinski definition) is 3. The molecule has 5 aromatic rings. The van der Waals surface area contributed by atoms with Crippen molar-refractivity contribution < 1.29 is 4.79 Å². The van der Waals surface area contributed by atoms with Crippen molar-refractivity contribution in [1.29, 1.82) is 0 Å². The predicted octanol–water partition coefficient (Wildman–Crippen LogP) is 5.67. The highest BCUT2D eigenvalue weighted by Crippen LogP contribution is 2.32. The Kier molecular flexibility index (Phi) is 5.64. The third kappa shape index (κ3) is 4.37. The van der Waals surface area contributed by atoms with Gasteiger partial charge >= 0.3 is 0 Å². The summed E-state index contributed by atoms with van der Waals surface area (Å²) in [6.45, 7) is 0. The fourth-order valence-corrected chi connectivity index (χ4v) is 3.93. The molecule has 0 fully saturated rings. The minimum absolute atomic E-state index is 0.238. The van der Waals surface area contributed by atoms with Crippen LogP contribution in [0.2, 0.25) is 5.02 Å². The fraction of sp³-hybridized carbons (Fsp3) is 0. The van der Waals surface area contributed by atoms with Gasteiger partial charge in [0.1, 0.15) is 5.69 Å². The number of nitrogens with one attached hydrogen (secondary N) is 4. The minimum atomic E-state index is -0.403. The number of carbonyl (C=O) groups is 1. The first-order valence-electron chi connectivity index (χ1n) is 10.2. The number of halogens is 1. The lowest BCUT2D eigenvalue weighted by Crippen LogP contribution is -2.44. The average molecular weight is 472 g/mol. The molecule has 0 saturated carbocycles. The van der Waals surface area contributed by atoms with Crippen LogP contribution < -0.4 is 16.2 Å². The molecule has 1 amide bonds. The average Bonchev–Trinajstić information content (AvgIpc) is 3.22. The van der Waals surface area contributed by atoms with Gasteiger partial charge in [-0.3, -0.25) is 15.6 Å². The maximum atomic E-state index is 13.0. The Morgan fingerprint density at radius 3 is 2.39 bits per heavy atom. The zero-order valence-corrected chi connectivity index (χ0v) is 18.8. The molecule has 2 heterocycles. The molecule has 0 saturated heterocycles. The van der Waals surface area contributed by atoms with Crippen LogP contribution in [0.5, 0.6) is 0 Å². The molecule has 2 aromatic heterocycles. The lowest BCUT2D eigenvalue weighted by Gasteiger charge is -2.12. The van der Waals surface area contributed by atoms with Gasteiger partial charge in [0.05, 0.1) is 11.2 Å². The van der Waals surface area contributed by atoms with Gasteiger partial charge in [-0.05, 0) is 48.6 Å². The first-order valence-corrected chi connectivity index (χ1v) is 11.0. The van der Waals surface area contributed by atoms with Gasteiger partial charge in [0.25, 0.3) is 5.91 Å². The molecule has 8 heteroatoms. The lowest BCUT2D eigenvalue weighted by molar-refractivity contribution is 0.0939. The van der Waals surface area contributed by atoms with Crippen LogP contribution in [0.3, 0.4) is 0 Å². The van der Waals surface area contributed by atoms with Gasteiger partial charge in [-0.25, -0.2) is 4.98 Å². The number of anilines is 1. The van der Waals surface area contributed by atoms with Crippen molar-refractivity contribution in [1.82, 2.24) is 20.8 Å².